The number of sulfonamides is 1. The number of nitrogens with zero attached hydrogens (tertiary/aromatic N) is 2. The Bertz CT molecular complexity index is 775. The summed E-state index contributed by atoms with van der Waals surface area (Å²) in [5.74, 6) is -0.187. The average molecular weight is 307 g/mol. The van der Waals surface area contributed by atoms with Crippen molar-refractivity contribution in [3.05, 3.63) is 41.2 Å². The van der Waals surface area contributed by atoms with E-state index in [2.05, 4.69) is 10.2 Å². The van der Waals surface area contributed by atoms with Crippen molar-refractivity contribution < 1.29 is 8.42 Å². The number of rotatable bonds is 4. The molecular formula is C13H17N5O2S. The van der Waals surface area contributed by atoms with E-state index in [4.69, 9.17) is 11.1 Å². The fourth-order valence-corrected chi connectivity index (χ4v) is 3.71. The molecule has 0 unspecified atom stereocenters. The van der Waals surface area contributed by atoms with E-state index in [-0.39, 0.29) is 10.7 Å². The number of aromatic amines is 1. The molecule has 4 N–H and O–H groups in total. The third-order valence-electron chi connectivity index (χ3n) is 3.21. The Balaban J connectivity index is 2.60. The van der Waals surface area contributed by atoms with Gasteiger partial charge in [0.2, 0.25) is 0 Å². The van der Waals surface area contributed by atoms with Crippen molar-refractivity contribution in [3.63, 3.8) is 0 Å². The Morgan fingerprint density at radius 3 is 2.48 bits per heavy atom. The molecule has 0 aliphatic carbocycles. The van der Waals surface area contributed by atoms with E-state index in [9.17, 15) is 8.42 Å². The smallest absolute Gasteiger partial charge is 0.267 e. The van der Waals surface area contributed by atoms with Crippen molar-refractivity contribution in [1.82, 2.24) is 10.2 Å². The van der Waals surface area contributed by atoms with Gasteiger partial charge in [-0.25, -0.2) is 8.42 Å². The molecule has 0 saturated carbocycles. The predicted octanol–water partition coefficient (Wildman–Crippen LogP) is 1.14. The maximum Gasteiger partial charge on any atom is 0.267 e. The van der Waals surface area contributed by atoms with E-state index in [1.54, 1.807) is 38.1 Å². The van der Waals surface area contributed by atoms with Crippen molar-refractivity contribution >= 4 is 21.5 Å². The summed E-state index contributed by atoms with van der Waals surface area (Å²) >= 11 is 0. The SMILES string of the molecule is Cc1n[nH]c(C)c1S(=O)(=O)N(C)c1ccccc1C(=N)N. The van der Waals surface area contributed by atoms with Crippen molar-refractivity contribution in [1.29, 1.82) is 5.41 Å². The molecule has 21 heavy (non-hydrogen) atoms. The third-order valence-corrected chi connectivity index (χ3v) is 5.25. The van der Waals surface area contributed by atoms with Gasteiger partial charge in [-0.05, 0) is 26.0 Å². The topological polar surface area (TPSA) is 116 Å². The number of amidine groups is 1. The summed E-state index contributed by atoms with van der Waals surface area (Å²) in [6, 6.07) is 6.62. The molecule has 2 aromatic rings. The minimum atomic E-state index is -3.78. The van der Waals surface area contributed by atoms with Gasteiger partial charge in [-0.3, -0.25) is 14.8 Å². The van der Waals surface area contributed by atoms with Gasteiger partial charge < -0.3 is 5.73 Å². The molecule has 7 nitrogen and oxygen atoms in total. The van der Waals surface area contributed by atoms with Crippen LogP contribution >= 0.6 is 0 Å². The Morgan fingerprint density at radius 2 is 1.95 bits per heavy atom. The second kappa shape index (κ2) is 5.21. The molecule has 0 aliphatic heterocycles. The number of aryl methyl sites for hydroxylation is 2. The maximum atomic E-state index is 12.8. The van der Waals surface area contributed by atoms with Crippen LogP contribution in [0.5, 0.6) is 0 Å². The Kier molecular flexibility index (Phi) is 3.73. The largest absolute Gasteiger partial charge is 0.384 e. The molecular weight excluding hydrogens is 290 g/mol. The van der Waals surface area contributed by atoms with Crippen molar-refractivity contribution in [2.45, 2.75) is 18.7 Å². The van der Waals surface area contributed by atoms with E-state index >= 15 is 0 Å². The van der Waals surface area contributed by atoms with Crippen molar-refractivity contribution in [3.8, 4) is 0 Å². The highest BCUT2D eigenvalue weighted by molar-refractivity contribution is 7.92. The van der Waals surface area contributed by atoms with Crippen LogP contribution in [0.1, 0.15) is 17.0 Å². The summed E-state index contributed by atoms with van der Waals surface area (Å²) in [6.07, 6.45) is 0. The number of anilines is 1. The molecule has 112 valence electrons. The molecule has 8 heteroatoms. The van der Waals surface area contributed by atoms with Gasteiger partial charge >= 0.3 is 0 Å². The zero-order chi connectivity index (χ0) is 15.8. The van der Waals surface area contributed by atoms with Gasteiger partial charge in [0, 0.05) is 12.6 Å². The lowest BCUT2D eigenvalue weighted by atomic mass is 10.1. The normalized spacial score (nSPS) is 11.4. The highest BCUT2D eigenvalue weighted by Gasteiger charge is 2.28. The fourth-order valence-electron chi connectivity index (χ4n) is 2.16. The number of nitrogens with two attached hydrogens (primary N) is 1. The van der Waals surface area contributed by atoms with Crippen LogP contribution in [-0.4, -0.2) is 31.5 Å². The number of nitrogen functional groups attached to an aromatic ring is 1. The summed E-state index contributed by atoms with van der Waals surface area (Å²) in [4.78, 5) is 0.142. The lowest BCUT2D eigenvalue weighted by molar-refractivity contribution is 0.593. The molecule has 0 bridgehead atoms. The molecule has 0 aliphatic rings. The lowest BCUT2D eigenvalue weighted by Gasteiger charge is -2.22. The lowest BCUT2D eigenvalue weighted by Crippen LogP contribution is -2.29. The first kappa shape index (κ1) is 15.0. The molecule has 0 saturated heterocycles. The zero-order valence-corrected chi connectivity index (χ0v) is 12.8. The second-order valence-corrected chi connectivity index (χ2v) is 6.57. The second-order valence-electron chi connectivity index (χ2n) is 4.67. The summed E-state index contributed by atoms with van der Waals surface area (Å²) in [7, 11) is -2.35. The van der Waals surface area contributed by atoms with Gasteiger partial charge in [-0.2, -0.15) is 5.10 Å². The summed E-state index contributed by atoms with van der Waals surface area (Å²) in [5.41, 5.74) is 7.11. The number of benzene rings is 1. The summed E-state index contributed by atoms with van der Waals surface area (Å²) < 4.78 is 26.6. The van der Waals surface area contributed by atoms with Gasteiger partial charge in [-0.15, -0.1) is 0 Å². The standard InChI is InChI=1S/C13H17N5O2S/c1-8-12(9(2)17-16-8)21(19,20)18(3)11-7-5-4-6-10(11)13(14)15/h4-7H,1-3H3,(H3,14,15)(H,16,17). The number of nitrogens with one attached hydrogen (secondary N) is 2. The first-order chi connectivity index (χ1) is 9.76. The molecule has 0 radical (unpaired) electrons. The van der Waals surface area contributed by atoms with Gasteiger partial charge in [0.25, 0.3) is 10.0 Å². The summed E-state index contributed by atoms with van der Waals surface area (Å²) in [5, 5.41) is 14.2. The molecule has 1 aromatic carbocycles. The zero-order valence-electron chi connectivity index (χ0n) is 12.0. The van der Waals surface area contributed by atoms with E-state index in [1.807, 2.05) is 0 Å². The number of hydrogen-bond donors (Lipinski definition) is 3. The maximum absolute atomic E-state index is 12.8. The van der Waals surface area contributed by atoms with E-state index in [0.29, 0.717) is 22.6 Å². The average Bonchev–Trinajstić information content (AvgIpc) is 2.77. The van der Waals surface area contributed by atoms with Crippen LogP contribution in [0.3, 0.4) is 0 Å². The van der Waals surface area contributed by atoms with Crippen LogP contribution in [0.25, 0.3) is 0 Å². The highest BCUT2D eigenvalue weighted by Crippen LogP contribution is 2.27. The number of aromatic nitrogens is 2. The molecule has 0 amide bonds. The minimum absolute atomic E-state index is 0.142. The van der Waals surface area contributed by atoms with Gasteiger partial charge in [0.05, 0.1) is 17.1 Å². The van der Waals surface area contributed by atoms with Gasteiger partial charge in [0.15, 0.2) is 0 Å². The quantitative estimate of drug-likeness (QED) is 0.580. The van der Waals surface area contributed by atoms with Gasteiger partial charge in [-0.1, -0.05) is 12.1 Å². The van der Waals surface area contributed by atoms with E-state index in [0.717, 1.165) is 4.31 Å². The van der Waals surface area contributed by atoms with Crippen molar-refractivity contribution in [2.24, 2.45) is 5.73 Å². The first-order valence-electron chi connectivity index (χ1n) is 6.20. The highest BCUT2D eigenvalue weighted by atomic mass is 32.2. The minimum Gasteiger partial charge on any atom is -0.384 e. The molecule has 0 spiro atoms. The van der Waals surface area contributed by atoms with E-state index in [1.165, 1.54) is 7.05 Å². The predicted molar refractivity (Wildman–Crippen MR) is 81.1 cm³/mol. The fraction of sp³-hybridized carbons (Fsp3) is 0.231. The summed E-state index contributed by atoms with van der Waals surface area (Å²) in [6.45, 7) is 3.28. The number of H-pyrrole nitrogens is 1. The van der Waals surface area contributed by atoms with Crippen molar-refractivity contribution in [2.75, 3.05) is 11.4 Å². The van der Waals surface area contributed by atoms with Gasteiger partial charge in [0.1, 0.15) is 10.7 Å². The molecule has 0 fully saturated rings. The molecule has 2 rings (SSSR count). The number of hydrogen-bond acceptors (Lipinski definition) is 4. The van der Waals surface area contributed by atoms with Crippen LogP contribution in [0.2, 0.25) is 0 Å². The van der Waals surface area contributed by atoms with E-state index < -0.39 is 10.0 Å². The monoisotopic (exact) mass is 307 g/mol. The van der Waals surface area contributed by atoms with Crippen LogP contribution in [0.4, 0.5) is 5.69 Å². The molecule has 1 aromatic heterocycles. The Labute approximate surface area is 123 Å². The van der Waals surface area contributed by atoms with Crippen LogP contribution < -0.4 is 10.0 Å². The molecule has 0 atom stereocenters. The number of para-hydroxylation sites is 1. The Hall–Kier alpha value is -2.35. The first-order valence-corrected chi connectivity index (χ1v) is 7.64. The third kappa shape index (κ3) is 2.49. The molecule has 1 heterocycles. The Morgan fingerprint density at radius 1 is 1.33 bits per heavy atom. The van der Waals surface area contributed by atoms with Crippen LogP contribution in [-0.2, 0) is 10.0 Å². The van der Waals surface area contributed by atoms with Crippen LogP contribution in [0, 0.1) is 19.3 Å². The van der Waals surface area contributed by atoms with Crippen LogP contribution in [0.15, 0.2) is 29.2 Å².